The summed E-state index contributed by atoms with van der Waals surface area (Å²) in [4.78, 5) is 46.6. The zero-order valence-corrected chi connectivity index (χ0v) is 22.0. The van der Waals surface area contributed by atoms with Gasteiger partial charge in [0.05, 0.1) is 26.7 Å². The van der Waals surface area contributed by atoms with E-state index in [4.69, 9.17) is 10.5 Å². The number of nitrogens with two attached hydrogens (primary N) is 1. The Morgan fingerprint density at radius 2 is 1.46 bits per heavy atom. The SMILES string of the molecule is COc1ccc(Cn2c(NCCN=C(N)NC(=O)c3ccc(F)cc3)nc(=O)n(Cc3ccc(F)cc3)c2=O)cc1. The maximum absolute atomic E-state index is 13.5. The third kappa shape index (κ3) is 7.62. The summed E-state index contributed by atoms with van der Waals surface area (Å²) in [6.07, 6.45) is 0. The van der Waals surface area contributed by atoms with Gasteiger partial charge in [-0.05, 0) is 59.7 Å². The van der Waals surface area contributed by atoms with E-state index in [1.807, 2.05) is 0 Å². The minimum absolute atomic E-state index is 0.00953. The molecule has 41 heavy (non-hydrogen) atoms. The molecule has 212 valence electrons. The third-order valence-electron chi connectivity index (χ3n) is 5.93. The molecule has 11 nitrogen and oxygen atoms in total. The number of nitrogens with zero attached hydrogens (tertiary/aromatic N) is 4. The molecule has 0 saturated carbocycles. The van der Waals surface area contributed by atoms with Gasteiger partial charge in [0.2, 0.25) is 5.95 Å². The van der Waals surface area contributed by atoms with Crippen LogP contribution in [0, 0.1) is 11.6 Å². The van der Waals surface area contributed by atoms with Crippen LogP contribution in [-0.4, -0.2) is 46.2 Å². The molecule has 0 unspecified atom stereocenters. The van der Waals surface area contributed by atoms with Crippen molar-refractivity contribution in [1.82, 2.24) is 19.4 Å². The highest BCUT2D eigenvalue weighted by molar-refractivity contribution is 6.05. The summed E-state index contributed by atoms with van der Waals surface area (Å²) in [5.41, 5.74) is 5.88. The fourth-order valence-corrected chi connectivity index (χ4v) is 3.80. The summed E-state index contributed by atoms with van der Waals surface area (Å²) in [6, 6.07) is 17.4. The molecule has 0 radical (unpaired) electrons. The lowest BCUT2D eigenvalue weighted by Gasteiger charge is -2.15. The van der Waals surface area contributed by atoms with Gasteiger partial charge in [-0.1, -0.05) is 24.3 Å². The van der Waals surface area contributed by atoms with Gasteiger partial charge in [-0.3, -0.25) is 19.7 Å². The number of methoxy groups -OCH3 is 1. The maximum atomic E-state index is 13.5. The van der Waals surface area contributed by atoms with Gasteiger partial charge >= 0.3 is 11.4 Å². The summed E-state index contributed by atoms with van der Waals surface area (Å²) in [6.45, 7) is 0.166. The molecule has 0 saturated heterocycles. The molecular weight excluding hydrogens is 536 g/mol. The van der Waals surface area contributed by atoms with Gasteiger partial charge in [0.1, 0.15) is 17.4 Å². The molecule has 1 amide bonds. The smallest absolute Gasteiger partial charge is 0.355 e. The average Bonchev–Trinajstić information content (AvgIpc) is 2.96. The zero-order valence-electron chi connectivity index (χ0n) is 22.0. The second-order valence-electron chi connectivity index (χ2n) is 8.80. The molecule has 1 heterocycles. The van der Waals surface area contributed by atoms with E-state index in [9.17, 15) is 23.2 Å². The van der Waals surface area contributed by atoms with Crippen molar-refractivity contribution in [3.8, 4) is 5.75 Å². The number of aliphatic imine (C=N–C) groups is 1. The van der Waals surface area contributed by atoms with Crippen molar-refractivity contribution in [2.75, 3.05) is 25.5 Å². The molecule has 0 aliphatic carbocycles. The number of guanidine groups is 1. The van der Waals surface area contributed by atoms with Crippen LogP contribution in [-0.2, 0) is 13.1 Å². The van der Waals surface area contributed by atoms with Crippen molar-refractivity contribution < 1.29 is 18.3 Å². The molecule has 3 aromatic carbocycles. The van der Waals surface area contributed by atoms with E-state index in [0.29, 0.717) is 11.3 Å². The standard InChI is InChI=1S/C28H27F2N7O4/c1-41-23-12-4-19(5-13-23)16-36-26(35-27(39)37(28(36)40)17-18-2-8-21(29)9-3-18)33-15-14-32-25(31)34-24(38)20-6-10-22(30)11-7-20/h2-13H,14-17H2,1H3,(H,33,35,39)(H3,31,32,34,38). The van der Waals surface area contributed by atoms with Crippen LogP contribution in [0.4, 0.5) is 14.7 Å². The van der Waals surface area contributed by atoms with Gasteiger partial charge in [-0.15, -0.1) is 0 Å². The molecule has 4 aromatic rings. The van der Waals surface area contributed by atoms with Gasteiger partial charge in [0.25, 0.3) is 5.91 Å². The van der Waals surface area contributed by atoms with E-state index < -0.39 is 28.9 Å². The Kier molecular flexibility index (Phi) is 9.20. The second-order valence-corrected chi connectivity index (χ2v) is 8.80. The first-order valence-electron chi connectivity index (χ1n) is 12.4. The Balaban J connectivity index is 1.52. The molecule has 1 aromatic heterocycles. The van der Waals surface area contributed by atoms with E-state index in [2.05, 4.69) is 20.6 Å². The second kappa shape index (κ2) is 13.2. The summed E-state index contributed by atoms with van der Waals surface area (Å²) >= 11 is 0. The Bertz CT molecular complexity index is 1650. The number of hydrogen-bond donors (Lipinski definition) is 3. The Hall–Kier alpha value is -5.33. The van der Waals surface area contributed by atoms with Crippen LogP contribution in [0.25, 0.3) is 0 Å². The Labute approximate surface area is 233 Å². The van der Waals surface area contributed by atoms with Crippen molar-refractivity contribution >= 4 is 17.8 Å². The van der Waals surface area contributed by atoms with E-state index in [-0.39, 0.29) is 43.7 Å². The van der Waals surface area contributed by atoms with Crippen LogP contribution in [0.2, 0.25) is 0 Å². The summed E-state index contributed by atoms with van der Waals surface area (Å²) in [5.74, 6) is -0.986. The predicted octanol–water partition coefficient (Wildman–Crippen LogP) is 1.94. The van der Waals surface area contributed by atoms with Crippen LogP contribution in [0.5, 0.6) is 5.75 Å². The molecule has 0 aliphatic heterocycles. The van der Waals surface area contributed by atoms with E-state index in [1.54, 1.807) is 31.4 Å². The van der Waals surface area contributed by atoms with Crippen molar-refractivity contribution in [1.29, 1.82) is 0 Å². The van der Waals surface area contributed by atoms with Crippen LogP contribution < -0.4 is 32.5 Å². The molecule has 0 fully saturated rings. The molecule has 4 rings (SSSR count). The van der Waals surface area contributed by atoms with Gasteiger partial charge in [0.15, 0.2) is 5.96 Å². The summed E-state index contributed by atoms with van der Waals surface area (Å²) in [5, 5.41) is 5.33. The Morgan fingerprint density at radius 3 is 2.07 bits per heavy atom. The summed E-state index contributed by atoms with van der Waals surface area (Å²) < 4.78 is 33.9. The number of hydrogen-bond acceptors (Lipinski definition) is 7. The van der Waals surface area contributed by atoms with Crippen LogP contribution in [0.1, 0.15) is 21.5 Å². The highest BCUT2D eigenvalue weighted by Gasteiger charge is 2.14. The van der Waals surface area contributed by atoms with Gasteiger partial charge in [-0.2, -0.15) is 4.98 Å². The van der Waals surface area contributed by atoms with Gasteiger partial charge in [0, 0.05) is 12.1 Å². The first kappa shape index (κ1) is 28.7. The molecule has 0 atom stereocenters. The Morgan fingerprint density at radius 1 is 0.902 bits per heavy atom. The average molecular weight is 564 g/mol. The zero-order chi connectivity index (χ0) is 29.4. The molecular formula is C28H27F2N7O4. The summed E-state index contributed by atoms with van der Waals surface area (Å²) in [7, 11) is 1.54. The molecule has 0 aliphatic rings. The van der Waals surface area contributed by atoms with Crippen LogP contribution in [0.15, 0.2) is 87.4 Å². The van der Waals surface area contributed by atoms with Crippen LogP contribution >= 0.6 is 0 Å². The fraction of sp³-hybridized carbons (Fsp3) is 0.179. The van der Waals surface area contributed by atoms with E-state index in [1.165, 1.54) is 41.0 Å². The predicted molar refractivity (Wildman–Crippen MR) is 149 cm³/mol. The van der Waals surface area contributed by atoms with E-state index in [0.717, 1.165) is 22.3 Å². The van der Waals surface area contributed by atoms with Crippen LogP contribution in [0.3, 0.4) is 0 Å². The number of rotatable bonds is 10. The first-order valence-corrected chi connectivity index (χ1v) is 12.4. The largest absolute Gasteiger partial charge is 0.497 e. The molecule has 13 heteroatoms. The number of carbonyl (C=O) groups is 1. The molecule has 0 spiro atoms. The fourth-order valence-electron chi connectivity index (χ4n) is 3.80. The molecule has 4 N–H and O–H groups in total. The number of nitrogens with one attached hydrogen (secondary N) is 2. The minimum atomic E-state index is -0.789. The van der Waals surface area contributed by atoms with E-state index >= 15 is 0 Å². The normalized spacial score (nSPS) is 11.2. The number of anilines is 1. The minimum Gasteiger partial charge on any atom is -0.497 e. The lowest BCUT2D eigenvalue weighted by molar-refractivity contribution is 0.0976. The van der Waals surface area contributed by atoms with Crippen molar-refractivity contribution in [3.05, 3.63) is 122 Å². The van der Waals surface area contributed by atoms with Gasteiger partial charge in [-0.25, -0.2) is 22.9 Å². The number of aromatic nitrogens is 3. The quantitative estimate of drug-likeness (QED) is 0.152. The number of ether oxygens (including phenoxy) is 1. The number of halogens is 2. The van der Waals surface area contributed by atoms with Crippen molar-refractivity contribution in [2.24, 2.45) is 10.7 Å². The number of carbonyl (C=O) groups excluding carboxylic acids is 1. The lowest BCUT2D eigenvalue weighted by atomic mass is 10.2. The monoisotopic (exact) mass is 563 g/mol. The topological polar surface area (TPSA) is 146 Å². The van der Waals surface area contributed by atoms with Crippen molar-refractivity contribution in [3.63, 3.8) is 0 Å². The maximum Gasteiger partial charge on any atom is 0.355 e. The molecule has 0 bridgehead atoms. The third-order valence-corrected chi connectivity index (χ3v) is 5.93. The highest BCUT2D eigenvalue weighted by Crippen LogP contribution is 2.13. The highest BCUT2D eigenvalue weighted by atomic mass is 19.1. The lowest BCUT2D eigenvalue weighted by Crippen LogP contribution is -2.43. The number of benzene rings is 3. The van der Waals surface area contributed by atoms with Gasteiger partial charge < -0.3 is 15.8 Å². The van der Waals surface area contributed by atoms with Crippen molar-refractivity contribution in [2.45, 2.75) is 13.1 Å². The number of amides is 1. The first-order chi connectivity index (χ1) is 19.7.